The molecule has 1 aromatic carbocycles. The topological polar surface area (TPSA) is 21.6 Å². The summed E-state index contributed by atoms with van der Waals surface area (Å²) in [5.41, 5.74) is 4.37. The summed E-state index contributed by atoms with van der Waals surface area (Å²) >= 11 is 0. The number of allylic oxidation sites excluding steroid dienone is 2. The van der Waals surface area contributed by atoms with Crippen LogP contribution in [-0.2, 0) is 4.74 Å². The van der Waals surface area contributed by atoms with Crippen LogP contribution in [0, 0.1) is 5.41 Å². The van der Waals surface area contributed by atoms with Crippen molar-refractivity contribution in [1.82, 2.24) is 0 Å². The van der Waals surface area contributed by atoms with Crippen molar-refractivity contribution in [3.8, 4) is 0 Å². The van der Waals surface area contributed by atoms with Crippen molar-refractivity contribution < 1.29 is 4.74 Å². The Labute approximate surface area is 109 Å². The molecule has 0 radical (unpaired) electrons. The Kier molecular flexibility index (Phi) is 3.67. The fourth-order valence-electron chi connectivity index (χ4n) is 2.72. The van der Waals surface area contributed by atoms with Gasteiger partial charge in [-0.2, -0.15) is 0 Å². The second-order valence-corrected chi connectivity index (χ2v) is 5.10. The lowest BCUT2D eigenvalue weighted by molar-refractivity contribution is 0.209. The molecule has 2 atom stereocenters. The highest BCUT2D eigenvalue weighted by Crippen LogP contribution is 2.56. The minimum atomic E-state index is 0.0633. The minimum Gasteiger partial charge on any atom is -0.363 e. The highest BCUT2D eigenvalue weighted by atomic mass is 16.5. The minimum absolute atomic E-state index is 0.0633. The fourth-order valence-corrected chi connectivity index (χ4v) is 2.72. The Morgan fingerprint density at radius 2 is 2.00 bits per heavy atom. The average Bonchev–Trinajstić information content (AvgIpc) is 2.92. The standard InChI is InChI=1S/C16H21NO/c1-12(14-8-6-5-7-9-14)15-13(2)16(15,3)10-17-11-18-4/h5-10,12H,11H2,1-4H3/t12?,16-/m0/s1. The van der Waals surface area contributed by atoms with E-state index in [0.717, 1.165) is 0 Å². The summed E-state index contributed by atoms with van der Waals surface area (Å²) < 4.78 is 4.96. The summed E-state index contributed by atoms with van der Waals surface area (Å²) in [6.07, 6.45) is 2.03. The van der Waals surface area contributed by atoms with Crippen LogP contribution in [-0.4, -0.2) is 20.1 Å². The van der Waals surface area contributed by atoms with Crippen LogP contribution in [0.1, 0.15) is 32.3 Å². The number of ether oxygens (including phenoxy) is 1. The van der Waals surface area contributed by atoms with Crippen LogP contribution < -0.4 is 0 Å². The van der Waals surface area contributed by atoms with Crippen molar-refractivity contribution in [1.29, 1.82) is 0 Å². The van der Waals surface area contributed by atoms with E-state index in [0.29, 0.717) is 12.6 Å². The first kappa shape index (κ1) is 13.0. The molecule has 0 N–H and O–H groups in total. The SMILES string of the molecule is COCN=C[C@@]1(C)C(C)=C1C(C)c1ccccc1. The molecule has 96 valence electrons. The Morgan fingerprint density at radius 3 is 2.61 bits per heavy atom. The number of methoxy groups -OCH3 is 1. The summed E-state index contributed by atoms with van der Waals surface area (Å²) in [6.45, 7) is 7.14. The third-order valence-corrected chi connectivity index (χ3v) is 3.97. The molecule has 1 aliphatic carbocycles. The summed E-state index contributed by atoms with van der Waals surface area (Å²) in [5.74, 6) is 0.463. The lowest BCUT2D eigenvalue weighted by Gasteiger charge is -2.13. The van der Waals surface area contributed by atoms with Gasteiger partial charge >= 0.3 is 0 Å². The van der Waals surface area contributed by atoms with Crippen LogP contribution in [0.15, 0.2) is 46.5 Å². The zero-order valence-corrected chi connectivity index (χ0v) is 11.6. The normalized spacial score (nSPS) is 24.7. The van der Waals surface area contributed by atoms with Gasteiger partial charge < -0.3 is 4.74 Å². The quantitative estimate of drug-likeness (QED) is 0.569. The molecule has 2 nitrogen and oxygen atoms in total. The molecule has 0 bridgehead atoms. The second kappa shape index (κ2) is 5.07. The van der Waals surface area contributed by atoms with Crippen molar-refractivity contribution in [2.45, 2.75) is 26.7 Å². The molecule has 0 saturated carbocycles. The van der Waals surface area contributed by atoms with E-state index in [4.69, 9.17) is 4.74 Å². The van der Waals surface area contributed by atoms with Crippen molar-refractivity contribution in [2.24, 2.45) is 10.4 Å². The van der Waals surface area contributed by atoms with E-state index >= 15 is 0 Å². The lowest BCUT2D eigenvalue weighted by Crippen LogP contribution is -2.07. The molecule has 0 aromatic heterocycles. The van der Waals surface area contributed by atoms with Gasteiger partial charge in [0.05, 0.1) is 0 Å². The first-order chi connectivity index (χ1) is 8.61. The number of aliphatic imine (C=N–C) groups is 1. The Morgan fingerprint density at radius 1 is 1.33 bits per heavy atom. The molecular formula is C16H21NO. The monoisotopic (exact) mass is 243 g/mol. The largest absolute Gasteiger partial charge is 0.363 e. The molecule has 0 saturated heterocycles. The van der Waals surface area contributed by atoms with Crippen LogP contribution >= 0.6 is 0 Å². The molecule has 0 fully saturated rings. The molecular weight excluding hydrogens is 222 g/mol. The van der Waals surface area contributed by atoms with Gasteiger partial charge in [0.1, 0.15) is 6.73 Å². The lowest BCUT2D eigenvalue weighted by atomic mass is 9.91. The second-order valence-electron chi connectivity index (χ2n) is 5.10. The van der Waals surface area contributed by atoms with Gasteiger partial charge in [0, 0.05) is 24.7 Å². The van der Waals surface area contributed by atoms with E-state index in [9.17, 15) is 0 Å². The maximum Gasteiger partial charge on any atom is 0.136 e. The van der Waals surface area contributed by atoms with Crippen LogP contribution in [0.5, 0.6) is 0 Å². The predicted molar refractivity (Wildman–Crippen MR) is 76.0 cm³/mol. The van der Waals surface area contributed by atoms with Crippen LogP contribution in [0.4, 0.5) is 0 Å². The predicted octanol–water partition coefficient (Wildman–Crippen LogP) is 3.80. The number of hydrogen-bond donors (Lipinski definition) is 0. The van der Waals surface area contributed by atoms with Gasteiger partial charge in [-0.1, -0.05) is 42.8 Å². The summed E-state index contributed by atoms with van der Waals surface area (Å²) in [4.78, 5) is 4.31. The van der Waals surface area contributed by atoms with E-state index in [-0.39, 0.29) is 5.41 Å². The van der Waals surface area contributed by atoms with E-state index in [1.165, 1.54) is 16.7 Å². The molecule has 0 aliphatic heterocycles. The Balaban J connectivity index is 2.11. The van der Waals surface area contributed by atoms with Gasteiger partial charge in [0.2, 0.25) is 0 Å². The first-order valence-electron chi connectivity index (χ1n) is 6.38. The Hall–Kier alpha value is -1.41. The maximum atomic E-state index is 4.96. The average molecular weight is 243 g/mol. The highest BCUT2D eigenvalue weighted by Gasteiger charge is 2.47. The maximum absolute atomic E-state index is 4.96. The molecule has 18 heavy (non-hydrogen) atoms. The van der Waals surface area contributed by atoms with Gasteiger partial charge in [-0.05, 0) is 25.0 Å². The molecule has 1 aliphatic rings. The number of benzene rings is 1. The van der Waals surface area contributed by atoms with Gasteiger partial charge in [0.25, 0.3) is 0 Å². The van der Waals surface area contributed by atoms with Crippen molar-refractivity contribution in [3.63, 3.8) is 0 Å². The van der Waals surface area contributed by atoms with Crippen LogP contribution in [0.3, 0.4) is 0 Å². The van der Waals surface area contributed by atoms with Crippen molar-refractivity contribution >= 4 is 6.21 Å². The number of rotatable bonds is 5. The van der Waals surface area contributed by atoms with E-state index in [1.54, 1.807) is 7.11 Å². The number of hydrogen-bond acceptors (Lipinski definition) is 2. The van der Waals surface area contributed by atoms with E-state index in [2.05, 4.69) is 56.1 Å². The summed E-state index contributed by atoms with van der Waals surface area (Å²) in [5, 5.41) is 0. The first-order valence-corrected chi connectivity index (χ1v) is 6.38. The number of nitrogens with zero attached hydrogens (tertiary/aromatic N) is 1. The molecule has 0 amide bonds. The van der Waals surface area contributed by atoms with Gasteiger partial charge in [-0.15, -0.1) is 0 Å². The van der Waals surface area contributed by atoms with Crippen LogP contribution in [0.25, 0.3) is 0 Å². The molecule has 1 unspecified atom stereocenters. The van der Waals surface area contributed by atoms with Crippen molar-refractivity contribution in [2.75, 3.05) is 13.8 Å². The van der Waals surface area contributed by atoms with E-state index < -0.39 is 0 Å². The zero-order chi connectivity index (χ0) is 13.2. The third-order valence-electron chi connectivity index (χ3n) is 3.97. The third kappa shape index (κ3) is 2.25. The Bertz CT molecular complexity index is 475. The molecule has 0 heterocycles. The molecule has 2 heteroatoms. The van der Waals surface area contributed by atoms with Gasteiger partial charge in [0.15, 0.2) is 0 Å². The van der Waals surface area contributed by atoms with Gasteiger partial charge in [-0.3, -0.25) is 4.99 Å². The summed E-state index contributed by atoms with van der Waals surface area (Å²) in [6, 6.07) is 10.6. The molecule has 0 spiro atoms. The van der Waals surface area contributed by atoms with Gasteiger partial charge in [-0.25, -0.2) is 0 Å². The van der Waals surface area contributed by atoms with Crippen LogP contribution in [0.2, 0.25) is 0 Å². The zero-order valence-electron chi connectivity index (χ0n) is 11.6. The van der Waals surface area contributed by atoms with E-state index in [1.807, 2.05) is 6.21 Å². The smallest absolute Gasteiger partial charge is 0.136 e. The fraction of sp³-hybridized carbons (Fsp3) is 0.438. The van der Waals surface area contributed by atoms with Crippen molar-refractivity contribution in [3.05, 3.63) is 47.0 Å². The highest BCUT2D eigenvalue weighted by molar-refractivity contribution is 5.84. The molecule has 2 rings (SSSR count). The summed E-state index contributed by atoms with van der Waals surface area (Å²) in [7, 11) is 1.67. The molecule has 1 aromatic rings.